The van der Waals surface area contributed by atoms with Crippen LogP contribution in [0.4, 0.5) is 10.1 Å². The summed E-state index contributed by atoms with van der Waals surface area (Å²) in [7, 11) is 0. The van der Waals surface area contributed by atoms with Crippen molar-refractivity contribution in [3.8, 4) is 5.75 Å². The smallest absolute Gasteiger partial charge is 0.200 e. The molecule has 0 unspecified atom stereocenters. The Kier molecular flexibility index (Phi) is 2.77. The first kappa shape index (κ1) is 12.1. The van der Waals surface area contributed by atoms with Crippen molar-refractivity contribution in [1.29, 1.82) is 0 Å². The molecule has 4 nitrogen and oxygen atoms in total. The van der Waals surface area contributed by atoms with Gasteiger partial charge in [-0.25, -0.2) is 4.39 Å². The zero-order valence-corrected chi connectivity index (χ0v) is 10.4. The molecule has 0 spiro atoms. The fourth-order valence-electron chi connectivity index (χ4n) is 1.73. The van der Waals surface area contributed by atoms with Gasteiger partial charge in [0.05, 0.1) is 11.8 Å². The molecular formula is C14H15FN2O2. The molecule has 0 aromatic heterocycles. The number of halogens is 1. The highest BCUT2D eigenvalue weighted by atomic mass is 19.1. The summed E-state index contributed by atoms with van der Waals surface area (Å²) >= 11 is 0. The fraction of sp³-hybridized carbons (Fsp3) is 0.429. The monoisotopic (exact) mass is 262 g/mol. The topological polar surface area (TPSA) is 64.7 Å². The zero-order chi connectivity index (χ0) is 13.5. The number of rotatable bonds is 5. The van der Waals surface area contributed by atoms with Gasteiger partial charge in [0, 0.05) is 30.2 Å². The predicted molar refractivity (Wildman–Crippen MR) is 70.6 cm³/mol. The Hall–Kier alpha value is -1.91. The Bertz CT molecular complexity index is 549. The summed E-state index contributed by atoms with van der Waals surface area (Å²) in [4.78, 5) is 14.8. The first-order valence-electron chi connectivity index (χ1n) is 6.39. The number of carbonyl (C=O) groups excluding carboxylic acids is 1. The molecular weight excluding hydrogens is 247 g/mol. The van der Waals surface area contributed by atoms with Gasteiger partial charge in [0.1, 0.15) is 12.0 Å². The molecule has 0 saturated heterocycles. The molecule has 2 fully saturated rings. The number of ether oxygens (including phenoxy) is 1. The number of anilines is 1. The number of nitrogen functional groups attached to an aromatic ring is 1. The van der Waals surface area contributed by atoms with Crippen LogP contribution in [0.1, 0.15) is 41.6 Å². The van der Waals surface area contributed by atoms with Crippen molar-refractivity contribution in [1.82, 2.24) is 0 Å². The molecule has 5 heteroatoms. The van der Waals surface area contributed by atoms with Crippen LogP contribution in [0.3, 0.4) is 0 Å². The quantitative estimate of drug-likeness (QED) is 0.384. The largest absolute Gasteiger partial charge is 0.488 e. The third-order valence-corrected chi connectivity index (χ3v) is 3.25. The van der Waals surface area contributed by atoms with Gasteiger partial charge in [-0.2, -0.15) is 0 Å². The summed E-state index contributed by atoms with van der Waals surface area (Å²) in [6.45, 7) is 0. The summed E-state index contributed by atoms with van der Waals surface area (Å²) in [6, 6.07) is 3.21. The normalized spacial score (nSPS) is 20.5. The number of nitrogens with two attached hydrogens (primary N) is 1. The molecule has 0 amide bonds. The highest BCUT2D eigenvalue weighted by Crippen LogP contribution is 2.41. The third kappa shape index (κ3) is 2.75. The molecule has 2 aliphatic carbocycles. The number of carbonyl (C=O) groups is 1. The second-order valence-electron chi connectivity index (χ2n) is 5.13. The van der Waals surface area contributed by atoms with E-state index < -0.39 is 5.79 Å². The van der Waals surface area contributed by atoms with Gasteiger partial charge in [-0.3, -0.25) is 9.79 Å². The Morgan fingerprint density at radius 1 is 1.42 bits per heavy atom. The van der Waals surface area contributed by atoms with E-state index in [2.05, 4.69) is 4.99 Å². The maximum atomic E-state index is 13.5. The van der Waals surface area contributed by atoms with Crippen LogP contribution in [0.15, 0.2) is 17.1 Å². The third-order valence-electron chi connectivity index (χ3n) is 3.25. The van der Waals surface area contributed by atoms with Crippen molar-refractivity contribution in [3.05, 3.63) is 23.3 Å². The van der Waals surface area contributed by atoms with E-state index in [4.69, 9.17) is 10.5 Å². The molecule has 0 aliphatic heterocycles. The SMILES string of the molecule is Nc1c(/C=N/C2(F)CC2)cc(C=O)cc1OC1CC1. The van der Waals surface area contributed by atoms with Gasteiger partial charge >= 0.3 is 0 Å². The van der Waals surface area contributed by atoms with Crippen LogP contribution >= 0.6 is 0 Å². The van der Waals surface area contributed by atoms with Gasteiger partial charge < -0.3 is 10.5 Å². The number of benzene rings is 1. The highest BCUT2D eigenvalue weighted by Gasteiger charge is 2.42. The van der Waals surface area contributed by atoms with Gasteiger partial charge in [0.25, 0.3) is 0 Å². The lowest BCUT2D eigenvalue weighted by molar-refractivity contribution is 0.112. The minimum atomic E-state index is -1.43. The second kappa shape index (κ2) is 4.33. The molecule has 1 aromatic carbocycles. The van der Waals surface area contributed by atoms with Gasteiger partial charge in [0.15, 0.2) is 5.79 Å². The zero-order valence-electron chi connectivity index (χ0n) is 10.4. The summed E-state index contributed by atoms with van der Waals surface area (Å²) < 4.78 is 19.1. The lowest BCUT2D eigenvalue weighted by atomic mass is 10.1. The number of aldehydes is 1. The van der Waals surface area contributed by atoms with Crippen LogP contribution in [-0.4, -0.2) is 24.4 Å². The lowest BCUT2D eigenvalue weighted by Crippen LogP contribution is -2.05. The predicted octanol–water partition coefficient (Wildman–Crippen LogP) is 2.50. The molecule has 0 radical (unpaired) electrons. The Balaban J connectivity index is 1.91. The molecule has 2 saturated carbocycles. The highest BCUT2D eigenvalue weighted by molar-refractivity contribution is 5.93. The van der Waals surface area contributed by atoms with E-state index >= 15 is 0 Å². The Morgan fingerprint density at radius 2 is 2.16 bits per heavy atom. The molecule has 2 N–H and O–H groups in total. The van der Waals surface area contributed by atoms with E-state index in [0.717, 1.165) is 19.1 Å². The Labute approximate surface area is 110 Å². The lowest BCUT2D eigenvalue weighted by Gasteiger charge is -2.11. The van der Waals surface area contributed by atoms with Crippen LogP contribution < -0.4 is 10.5 Å². The van der Waals surface area contributed by atoms with Crippen molar-refractivity contribution in [2.24, 2.45) is 4.99 Å². The fourth-order valence-corrected chi connectivity index (χ4v) is 1.73. The number of aliphatic imine (C=N–C) groups is 1. The first-order chi connectivity index (χ1) is 9.09. The summed E-state index contributed by atoms with van der Waals surface area (Å²) in [6.07, 6.45) is 5.20. The van der Waals surface area contributed by atoms with Crippen molar-refractivity contribution < 1.29 is 13.9 Å². The van der Waals surface area contributed by atoms with Gasteiger partial charge in [-0.1, -0.05) is 0 Å². The molecule has 0 heterocycles. The molecule has 100 valence electrons. The van der Waals surface area contributed by atoms with Gasteiger partial charge in [-0.15, -0.1) is 0 Å². The van der Waals surface area contributed by atoms with E-state index in [-0.39, 0.29) is 6.10 Å². The average Bonchev–Trinajstić information content (AvgIpc) is 3.30. The first-order valence-corrected chi connectivity index (χ1v) is 6.39. The number of alkyl halides is 1. The molecule has 0 bridgehead atoms. The second-order valence-corrected chi connectivity index (χ2v) is 5.13. The number of hydrogen-bond acceptors (Lipinski definition) is 4. The van der Waals surface area contributed by atoms with E-state index in [1.54, 1.807) is 12.1 Å². The molecule has 2 aliphatic rings. The van der Waals surface area contributed by atoms with Crippen molar-refractivity contribution >= 4 is 18.2 Å². The molecule has 1 aromatic rings. The van der Waals surface area contributed by atoms with Crippen LogP contribution in [-0.2, 0) is 0 Å². The average molecular weight is 262 g/mol. The van der Waals surface area contributed by atoms with E-state index in [9.17, 15) is 9.18 Å². The van der Waals surface area contributed by atoms with E-state index in [1.807, 2.05) is 0 Å². The van der Waals surface area contributed by atoms with Gasteiger partial charge in [-0.05, 0) is 25.0 Å². The molecule has 3 rings (SSSR count). The van der Waals surface area contributed by atoms with Crippen LogP contribution in [0.25, 0.3) is 0 Å². The molecule has 19 heavy (non-hydrogen) atoms. The maximum absolute atomic E-state index is 13.5. The maximum Gasteiger partial charge on any atom is 0.200 e. The van der Waals surface area contributed by atoms with Crippen molar-refractivity contribution in [2.45, 2.75) is 37.6 Å². The minimum Gasteiger partial charge on any atom is -0.488 e. The van der Waals surface area contributed by atoms with E-state index in [1.165, 1.54) is 6.21 Å². The van der Waals surface area contributed by atoms with E-state index in [0.29, 0.717) is 35.4 Å². The minimum absolute atomic E-state index is 0.185. The molecule has 0 atom stereocenters. The van der Waals surface area contributed by atoms with Crippen LogP contribution in [0.2, 0.25) is 0 Å². The number of nitrogens with zero attached hydrogens (tertiary/aromatic N) is 1. The Morgan fingerprint density at radius 3 is 2.74 bits per heavy atom. The van der Waals surface area contributed by atoms with Gasteiger partial charge in [0.2, 0.25) is 0 Å². The van der Waals surface area contributed by atoms with Crippen molar-refractivity contribution in [3.63, 3.8) is 0 Å². The number of hydrogen-bond donors (Lipinski definition) is 1. The summed E-state index contributed by atoms with van der Waals surface area (Å²) in [5.74, 6) is -0.946. The summed E-state index contributed by atoms with van der Waals surface area (Å²) in [5, 5.41) is 0. The van der Waals surface area contributed by atoms with Crippen molar-refractivity contribution in [2.75, 3.05) is 5.73 Å². The standard InChI is InChI=1S/C14H15FN2O2/c15-14(3-4-14)17-7-10-5-9(8-18)6-12(13(10)16)19-11-1-2-11/h5-8,11H,1-4,16H2/b17-7+. The van der Waals surface area contributed by atoms with Crippen LogP contribution in [0, 0.1) is 0 Å². The summed E-state index contributed by atoms with van der Waals surface area (Å²) in [5.41, 5.74) is 7.37. The van der Waals surface area contributed by atoms with Crippen LogP contribution in [0.5, 0.6) is 5.75 Å².